The van der Waals surface area contributed by atoms with Crippen molar-refractivity contribution in [1.82, 2.24) is 5.32 Å². The number of hydrogen-bond donors (Lipinski definition) is 2. The van der Waals surface area contributed by atoms with Gasteiger partial charge in [-0.05, 0) is 25.2 Å². The molecular weight excluding hydrogens is 192 g/mol. The summed E-state index contributed by atoms with van der Waals surface area (Å²) in [7, 11) is 0. The van der Waals surface area contributed by atoms with Crippen LogP contribution in [0.5, 0.6) is 0 Å². The van der Waals surface area contributed by atoms with Crippen LogP contribution in [0.2, 0.25) is 0 Å². The van der Waals surface area contributed by atoms with Crippen LogP contribution in [-0.2, 0) is 9.53 Å². The van der Waals surface area contributed by atoms with Crippen LogP contribution in [-0.4, -0.2) is 31.2 Å². The van der Waals surface area contributed by atoms with Gasteiger partial charge in [-0.15, -0.1) is 0 Å². The van der Waals surface area contributed by atoms with Crippen LogP contribution in [0.15, 0.2) is 0 Å². The van der Waals surface area contributed by atoms with Crippen LogP contribution in [0.25, 0.3) is 0 Å². The van der Waals surface area contributed by atoms with E-state index < -0.39 is 0 Å². The first kappa shape index (κ1) is 12.5. The molecule has 1 aliphatic heterocycles. The van der Waals surface area contributed by atoms with E-state index in [0.717, 1.165) is 25.8 Å². The number of carbonyl (C=O) groups excluding carboxylic acids is 1. The Hall–Kier alpha value is -0.610. The molecule has 0 radical (unpaired) electrons. The molecule has 2 unspecified atom stereocenters. The van der Waals surface area contributed by atoms with Crippen molar-refractivity contribution in [2.24, 2.45) is 11.7 Å². The van der Waals surface area contributed by atoms with Crippen LogP contribution in [0.3, 0.4) is 0 Å². The molecule has 0 saturated carbocycles. The van der Waals surface area contributed by atoms with E-state index in [9.17, 15) is 4.79 Å². The van der Waals surface area contributed by atoms with Gasteiger partial charge in [-0.2, -0.15) is 0 Å². The summed E-state index contributed by atoms with van der Waals surface area (Å²) >= 11 is 0. The largest absolute Gasteiger partial charge is 0.364 e. The third-order valence-corrected chi connectivity index (χ3v) is 2.68. The molecule has 1 saturated heterocycles. The normalized spacial score (nSPS) is 25.9. The first-order valence-electron chi connectivity index (χ1n) is 5.76. The van der Waals surface area contributed by atoms with Gasteiger partial charge < -0.3 is 15.8 Å². The zero-order chi connectivity index (χ0) is 11.3. The number of hydrogen-bond acceptors (Lipinski definition) is 3. The van der Waals surface area contributed by atoms with Crippen molar-refractivity contribution < 1.29 is 9.53 Å². The zero-order valence-electron chi connectivity index (χ0n) is 9.66. The molecule has 88 valence electrons. The molecule has 4 nitrogen and oxygen atoms in total. The summed E-state index contributed by atoms with van der Waals surface area (Å²) in [5, 5.41) is 2.90. The van der Waals surface area contributed by atoms with Crippen molar-refractivity contribution in [3.63, 3.8) is 0 Å². The lowest BCUT2D eigenvalue weighted by molar-refractivity contribution is -0.131. The summed E-state index contributed by atoms with van der Waals surface area (Å²) in [6, 6.07) is 0. The molecule has 1 heterocycles. The molecule has 0 aromatic heterocycles. The summed E-state index contributed by atoms with van der Waals surface area (Å²) in [4.78, 5) is 11.6. The molecule has 2 atom stereocenters. The molecule has 3 N–H and O–H groups in total. The van der Waals surface area contributed by atoms with Gasteiger partial charge in [0.2, 0.25) is 5.91 Å². The van der Waals surface area contributed by atoms with Gasteiger partial charge in [-0.25, -0.2) is 0 Å². The molecule has 1 aliphatic rings. The molecule has 0 spiro atoms. The van der Waals surface area contributed by atoms with Gasteiger partial charge in [0, 0.05) is 13.1 Å². The van der Waals surface area contributed by atoms with E-state index in [-0.39, 0.29) is 18.1 Å². The van der Waals surface area contributed by atoms with E-state index >= 15 is 0 Å². The Bertz CT molecular complexity index is 207. The Morgan fingerprint density at radius 2 is 2.27 bits per heavy atom. The lowest BCUT2D eigenvalue weighted by Crippen LogP contribution is -2.36. The fraction of sp³-hybridized carbons (Fsp3) is 0.909. The highest BCUT2D eigenvalue weighted by atomic mass is 16.5. The topological polar surface area (TPSA) is 64.4 Å². The second kappa shape index (κ2) is 6.08. The summed E-state index contributed by atoms with van der Waals surface area (Å²) in [5.74, 6) is 0.637. The molecule has 0 bridgehead atoms. The second-order valence-electron chi connectivity index (χ2n) is 4.53. The summed E-state index contributed by atoms with van der Waals surface area (Å²) in [5.41, 5.74) is 5.48. The first-order chi connectivity index (χ1) is 7.13. The van der Waals surface area contributed by atoms with E-state index in [1.165, 1.54) is 0 Å². The quantitative estimate of drug-likeness (QED) is 0.706. The highest BCUT2D eigenvalue weighted by molar-refractivity contribution is 5.80. The number of ether oxygens (including phenoxy) is 1. The Balaban J connectivity index is 2.18. The van der Waals surface area contributed by atoms with E-state index in [1.54, 1.807) is 0 Å². The Labute approximate surface area is 91.5 Å². The van der Waals surface area contributed by atoms with Gasteiger partial charge in [0.05, 0.1) is 6.10 Å². The fourth-order valence-electron chi connectivity index (χ4n) is 1.67. The van der Waals surface area contributed by atoms with Crippen LogP contribution >= 0.6 is 0 Å². The van der Waals surface area contributed by atoms with Crippen LogP contribution in [0.1, 0.15) is 33.1 Å². The van der Waals surface area contributed by atoms with Crippen molar-refractivity contribution in [3.8, 4) is 0 Å². The van der Waals surface area contributed by atoms with Gasteiger partial charge >= 0.3 is 0 Å². The number of rotatable bonds is 5. The third-order valence-electron chi connectivity index (χ3n) is 2.68. The van der Waals surface area contributed by atoms with Gasteiger partial charge in [-0.1, -0.05) is 13.8 Å². The third kappa shape index (κ3) is 4.18. The highest BCUT2D eigenvalue weighted by Gasteiger charge is 2.29. The Kier molecular flexibility index (Phi) is 5.05. The fourth-order valence-corrected chi connectivity index (χ4v) is 1.67. The molecule has 0 aliphatic carbocycles. The maximum Gasteiger partial charge on any atom is 0.249 e. The van der Waals surface area contributed by atoms with E-state index in [1.807, 2.05) is 0 Å². The summed E-state index contributed by atoms with van der Waals surface area (Å²) in [6.45, 7) is 5.53. The standard InChI is InChI=1S/C11H22N2O2/c1-8(2)5-6-13-11(14)10-4-3-9(7-12)15-10/h8-10H,3-7,12H2,1-2H3,(H,13,14). The molecule has 15 heavy (non-hydrogen) atoms. The van der Waals surface area contributed by atoms with Gasteiger partial charge in [0.1, 0.15) is 6.10 Å². The van der Waals surface area contributed by atoms with Crippen molar-refractivity contribution in [2.45, 2.75) is 45.3 Å². The molecular formula is C11H22N2O2. The van der Waals surface area contributed by atoms with E-state index in [4.69, 9.17) is 10.5 Å². The lowest BCUT2D eigenvalue weighted by atomic mass is 10.1. The first-order valence-corrected chi connectivity index (χ1v) is 5.76. The van der Waals surface area contributed by atoms with Crippen LogP contribution in [0, 0.1) is 5.92 Å². The Morgan fingerprint density at radius 1 is 1.53 bits per heavy atom. The molecule has 0 aromatic carbocycles. The number of nitrogens with two attached hydrogens (primary N) is 1. The predicted octanol–water partition coefficient (Wildman–Crippen LogP) is 0.655. The number of amides is 1. The van der Waals surface area contributed by atoms with Gasteiger partial charge in [0.25, 0.3) is 0 Å². The minimum absolute atomic E-state index is 0.0200. The molecule has 4 heteroatoms. The summed E-state index contributed by atoms with van der Waals surface area (Å²) < 4.78 is 5.49. The number of carbonyl (C=O) groups is 1. The minimum atomic E-state index is -0.272. The lowest BCUT2D eigenvalue weighted by Gasteiger charge is -2.13. The second-order valence-corrected chi connectivity index (χ2v) is 4.53. The van der Waals surface area contributed by atoms with Crippen molar-refractivity contribution in [2.75, 3.05) is 13.1 Å². The maximum absolute atomic E-state index is 11.6. The molecule has 1 rings (SSSR count). The zero-order valence-corrected chi connectivity index (χ0v) is 9.66. The highest BCUT2D eigenvalue weighted by Crippen LogP contribution is 2.18. The number of nitrogens with one attached hydrogen (secondary N) is 1. The molecule has 1 amide bonds. The SMILES string of the molecule is CC(C)CCNC(=O)C1CCC(CN)O1. The van der Waals surface area contributed by atoms with Crippen LogP contribution in [0.4, 0.5) is 0 Å². The average molecular weight is 214 g/mol. The summed E-state index contributed by atoms with van der Waals surface area (Å²) in [6.07, 6.45) is 2.52. The van der Waals surface area contributed by atoms with Crippen LogP contribution < -0.4 is 11.1 Å². The smallest absolute Gasteiger partial charge is 0.249 e. The van der Waals surface area contributed by atoms with Crippen molar-refractivity contribution in [1.29, 1.82) is 0 Å². The maximum atomic E-state index is 11.6. The van der Waals surface area contributed by atoms with E-state index in [0.29, 0.717) is 12.5 Å². The Morgan fingerprint density at radius 3 is 2.80 bits per heavy atom. The monoisotopic (exact) mass is 214 g/mol. The van der Waals surface area contributed by atoms with Gasteiger partial charge in [-0.3, -0.25) is 4.79 Å². The van der Waals surface area contributed by atoms with Crippen molar-refractivity contribution in [3.05, 3.63) is 0 Å². The molecule has 1 fully saturated rings. The van der Waals surface area contributed by atoms with E-state index in [2.05, 4.69) is 19.2 Å². The average Bonchev–Trinajstić information content (AvgIpc) is 2.65. The minimum Gasteiger partial charge on any atom is -0.364 e. The van der Waals surface area contributed by atoms with Gasteiger partial charge in [0.15, 0.2) is 0 Å². The molecule has 0 aromatic rings. The van der Waals surface area contributed by atoms with Crippen molar-refractivity contribution >= 4 is 5.91 Å². The predicted molar refractivity (Wildman–Crippen MR) is 59.4 cm³/mol.